The van der Waals surface area contributed by atoms with Crippen LogP contribution in [-0.2, 0) is 11.3 Å². The number of fused-ring (bicyclic) bond motifs is 3. The van der Waals surface area contributed by atoms with E-state index in [0.29, 0.717) is 23.8 Å². The van der Waals surface area contributed by atoms with Gasteiger partial charge in [0.05, 0.1) is 29.3 Å². The van der Waals surface area contributed by atoms with E-state index in [-0.39, 0.29) is 6.61 Å². The maximum Gasteiger partial charge on any atom is 0.406 e. The van der Waals surface area contributed by atoms with Gasteiger partial charge in [-0.3, -0.25) is 0 Å². The lowest BCUT2D eigenvalue weighted by Gasteiger charge is -2.18. The average Bonchev–Trinajstić information content (AvgIpc) is 3.28. The van der Waals surface area contributed by atoms with Crippen molar-refractivity contribution in [3.05, 3.63) is 39.4 Å². The molecule has 0 saturated carbocycles. The molecule has 0 radical (unpaired) electrons. The second-order valence-electron chi connectivity index (χ2n) is 5.46. The Balaban J connectivity index is 1.96. The minimum Gasteiger partial charge on any atom is -0.495 e. The van der Waals surface area contributed by atoms with Crippen molar-refractivity contribution in [2.45, 2.75) is 13.5 Å². The lowest BCUT2D eigenvalue weighted by molar-refractivity contribution is -0.644. The number of benzene rings is 1. The van der Waals surface area contributed by atoms with Gasteiger partial charge in [0.2, 0.25) is 0 Å². The van der Waals surface area contributed by atoms with E-state index in [1.54, 1.807) is 24.9 Å². The molecule has 9 heteroatoms. The van der Waals surface area contributed by atoms with Gasteiger partial charge in [-0.05, 0) is 45.2 Å². The summed E-state index contributed by atoms with van der Waals surface area (Å²) in [5, 5.41) is 5.73. The Labute approximate surface area is 161 Å². The number of aromatic amines is 1. The average molecular weight is 437 g/mol. The number of thiazole rings is 1. The highest BCUT2D eigenvalue weighted by Gasteiger charge is 2.35. The van der Waals surface area contributed by atoms with Crippen molar-refractivity contribution in [1.29, 1.82) is 0 Å². The zero-order valence-electron chi connectivity index (χ0n) is 14.0. The van der Waals surface area contributed by atoms with E-state index in [9.17, 15) is 4.79 Å². The second-order valence-corrected chi connectivity index (χ2v) is 7.18. The molecule has 7 nitrogen and oxygen atoms in total. The maximum atomic E-state index is 12.4. The molecule has 3 aromatic rings. The molecule has 0 bridgehead atoms. The first-order chi connectivity index (χ1) is 12.6. The van der Waals surface area contributed by atoms with Crippen LogP contribution in [0.5, 0.6) is 11.5 Å². The molecule has 1 aliphatic heterocycles. The maximum absolute atomic E-state index is 12.4. The van der Waals surface area contributed by atoms with Crippen LogP contribution in [0.1, 0.15) is 23.0 Å². The van der Waals surface area contributed by atoms with Gasteiger partial charge >= 0.3 is 11.1 Å². The summed E-state index contributed by atoms with van der Waals surface area (Å²) in [5.74, 6) is 0.935. The molecule has 0 fully saturated rings. The van der Waals surface area contributed by atoms with Gasteiger partial charge in [0.1, 0.15) is 18.1 Å². The number of halogens is 1. The van der Waals surface area contributed by atoms with E-state index in [1.807, 2.05) is 17.5 Å². The van der Waals surface area contributed by atoms with Crippen molar-refractivity contribution >= 4 is 33.2 Å². The van der Waals surface area contributed by atoms with Gasteiger partial charge in [-0.1, -0.05) is 0 Å². The van der Waals surface area contributed by atoms with Gasteiger partial charge in [0.25, 0.3) is 0 Å². The molecule has 1 aliphatic rings. The number of ether oxygens (including phenoxy) is 3. The summed E-state index contributed by atoms with van der Waals surface area (Å²) in [6.07, 6.45) is 1.72. The van der Waals surface area contributed by atoms with Crippen LogP contribution in [-0.4, -0.2) is 29.8 Å². The van der Waals surface area contributed by atoms with Crippen LogP contribution >= 0.6 is 27.3 Å². The van der Waals surface area contributed by atoms with Crippen LogP contribution in [0.3, 0.4) is 0 Å². The smallest absolute Gasteiger partial charge is 0.406 e. The number of methoxy groups -OCH3 is 1. The van der Waals surface area contributed by atoms with E-state index in [1.165, 1.54) is 11.3 Å². The van der Waals surface area contributed by atoms with Gasteiger partial charge < -0.3 is 14.2 Å². The molecule has 0 aliphatic carbocycles. The highest BCUT2D eigenvalue weighted by Crippen LogP contribution is 2.42. The Bertz CT molecular complexity index is 985. The summed E-state index contributed by atoms with van der Waals surface area (Å²) in [4.78, 5) is 16.8. The zero-order valence-corrected chi connectivity index (χ0v) is 16.4. The normalized spacial score (nSPS) is 12.1. The zero-order chi connectivity index (χ0) is 18.3. The first kappa shape index (κ1) is 17.0. The Kier molecular flexibility index (Phi) is 4.41. The number of carbonyl (C=O) groups excluding carboxylic acids is 1. The minimum atomic E-state index is -0.418. The van der Waals surface area contributed by atoms with Crippen LogP contribution < -0.4 is 14.2 Å². The summed E-state index contributed by atoms with van der Waals surface area (Å²) in [6, 6.07) is 3.74. The van der Waals surface area contributed by atoms with Crippen LogP contribution in [0.15, 0.2) is 28.2 Å². The van der Waals surface area contributed by atoms with Crippen molar-refractivity contribution in [3.8, 4) is 27.9 Å². The number of carbonyl (C=O) groups is 1. The predicted molar refractivity (Wildman–Crippen MR) is 98.0 cm³/mol. The molecule has 134 valence electrons. The summed E-state index contributed by atoms with van der Waals surface area (Å²) in [6.45, 7) is 2.32. The van der Waals surface area contributed by atoms with Crippen LogP contribution in [0.2, 0.25) is 0 Å². The van der Waals surface area contributed by atoms with Crippen molar-refractivity contribution < 1.29 is 23.7 Å². The Morgan fingerprint density at radius 1 is 1.50 bits per heavy atom. The van der Waals surface area contributed by atoms with E-state index >= 15 is 0 Å². The van der Waals surface area contributed by atoms with Crippen molar-refractivity contribution in [3.63, 3.8) is 0 Å². The Morgan fingerprint density at radius 3 is 3.04 bits per heavy atom. The summed E-state index contributed by atoms with van der Waals surface area (Å²) in [5.41, 5.74) is 2.77. The van der Waals surface area contributed by atoms with E-state index in [2.05, 4.69) is 26.0 Å². The minimum absolute atomic E-state index is 0.246. The van der Waals surface area contributed by atoms with Gasteiger partial charge in [0, 0.05) is 11.4 Å². The van der Waals surface area contributed by atoms with Gasteiger partial charge in [-0.25, -0.2) is 9.89 Å². The molecule has 3 heterocycles. The number of H-pyrrole nitrogens is 1. The second kappa shape index (κ2) is 6.73. The summed E-state index contributed by atoms with van der Waals surface area (Å²) >= 11 is 4.98. The fourth-order valence-corrected chi connectivity index (χ4v) is 4.01. The Hall–Kier alpha value is -2.39. The number of nitrogens with one attached hydrogen (secondary N) is 1. The number of aromatic nitrogens is 3. The van der Waals surface area contributed by atoms with Crippen LogP contribution in [0, 0.1) is 0 Å². The highest BCUT2D eigenvalue weighted by atomic mass is 79.9. The lowest BCUT2D eigenvalue weighted by Crippen LogP contribution is -2.35. The van der Waals surface area contributed by atoms with E-state index in [0.717, 1.165) is 26.4 Å². The van der Waals surface area contributed by atoms with Crippen molar-refractivity contribution in [2.24, 2.45) is 0 Å². The number of rotatable bonds is 4. The SMILES string of the molecule is CCOC(=O)c1[nH][n+](-c2nccs2)c2c1COc1cc(OC)c(Br)cc1-2. The molecule has 0 spiro atoms. The highest BCUT2D eigenvalue weighted by molar-refractivity contribution is 9.10. The first-order valence-corrected chi connectivity index (χ1v) is 9.55. The number of hydrogen-bond acceptors (Lipinski definition) is 6. The molecular weight excluding hydrogens is 422 g/mol. The molecule has 1 N–H and O–H groups in total. The summed E-state index contributed by atoms with van der Waals surface area (Å²) < 4.78 is 19.0. The molecule has 4 rings (SSSR count). The molecule has 1 aromatic carbocycles. The largest absolute Gasteiger partial charge is 0.495 e. The predicted octanol–water partition coefficient (Wildman–Crippen LogP) is 3.26. The molecule has 0 saturated heterocycles. The van der Waals surface area contributed by atoms with E-state index in [4.69, 9.17) is 14.2 Å². The standard InChI is InChI=1S/C17H14BrN3O4S/c1-3-24-16(22)14-10-8-25-12-7-13(23-2)11(18)6-9(12)15(10)21(20-14)17-19-4-5-26-17/h4-7H,3,8H2,1-2H3/p+1. The van der Waals surface area contributed by atoms with E-state index < -0.39 is 5.97 Å². The topological polar surface area (TPSA) is 77.3 Å². The van der Waals surface area contributed by atoms with Gasteiger partial charge in [-0.15, -0.1) is 4.68 Å². The lowest BCUT2D eigenvalue weighted by atomic mass is 10.0. The van der Waals surface area contributed by atoms with Gasteiger partial charge in [-0.2, -0.15) is 0 Å². The monoisotopic (exact) mass is 436 g/mol. The third-order valence-electron chi connectivity index (χ3n) is 4.01. The molecule has 2 aromatic heterocycles. The summed E-state index contributed by atoms with van der Waals surface area (Å²) in [7, 11) is 1.60. The third kappa shape index (κ3) is 2.67. The molecule has 0 atom stereocenters. The third-order valence-corrected chi connectivity index (χ3v) is 5.38. The fraction of sp³-hybridized carbons (Fsp3) is 0.235. The van der Waals surface area contributed by atoms with Gasteiger partial charge in [0.15, 0.2) is 17.6 Å². The molecular formula is C17H15BrN3O4S+. The number of hydrogen-bond donors (Lipinski definition) is 1. The first-order valence-electron chi connectivity index (χ1n) is 7.88. The molecule has 0 amide bonds. The van der Waals surface area contributed by atoms with Crippen LogP contribution in [0.25, 0.3) is 16.4 Å². The van der Waals surface area contributed by atoms with Crippen molar-refractivity contribution in [2.75, 3.05) is 13.7 Å². The molecule has 0 unspecified atom stereocenters. The Morgan fingerprint density at radius 2 is 2.35 bits per heavy atom. The number of nitrogens with zero attached hydrogens (tertiary/aromatic N) is 2. The van der Waals surface area contributed by atoms with Crippen LogP contribution in [0.4, 0.5) is 0 Å². The molecule has 26 heavy (non-hydrogen) atoms. The van der Waals surface area contributed by atoms with Crippen molar-refractivity contribution in [1.82, 2.24) is 10.1 Å². The number of esters is 1. The fourth-order valence-electron chi connectivity index (χ4n) is 2.90. The quantitative estimate of drug-likeness (QED) is 0.501.